The van der Waals surface area contributed by atoms with Crippen molar-refractivity contribution in [1.29, 1.82) is 0 Å². The van der Waals surface area contributed by atoms with Gasteiger partial charge < -0.3 is 9.80 Å². The summed E-state index contributed by atoms with van der Waals surface area (Å²) >= 11 is 0. The molecule has 0 heterocycles. The summed E-state index contributed by atoms with van der Waals surface area (Å²) < 4.78 is 0. The number of para-hydroxylation sites is 4. The van der Waals surface area contributed by atoms with Crippen LogP contribution >= 0.6 is 0 Å². The summed E-state index contributed by atoms with van der Waals surface area (Å²) in [4.78, 5) is 4.62. The molecule has 0 fully saturated rings. The zero-order valence-corrected chi connectivity index (χ0v) is 35.3. The Balaban J connectivity index is 0.830. The van der Waals surface area contributed by atoms with Crippen molar-refractivity contribution in [2.75, 3.05) is 9.80 Å². The second-order valence-corrected chi connectivity index (χ2v) is 16.2. The van der Waals surface area contributed by atoms with Gasteiger partial charge in [-0.25, -0.2) is 0 Å². The number of anilines is 6. The van der Waals surface area contributed by atoms with Crippen molar-refractivity contribution in [3.05, 3.63) is 267 Å². The van der Waals surface area contributed by atoms with Gasteiger partial charge in [0.2, 0.25) is 0 Å². The average molecular weight is 817 g/mol. The number of benzene rings is 11. The largest absolute Gasteiger partial charge is 0.310 e. The zero-order chi connectivity index (χ0) is 42.7. The lowest BCUT2D eigenvalue weighted by Gasteiger charge is -2.25. The second kappa shape index (κ2) is 17.1. The predicted molar refractivity (Wildman–Crippen MR) is 273 cm³/mol. The highest BCUT2D eigenvalue weighted by atomic mass is 15.1. The van der Waals surface area contributed by atoms with Crippen LogP contribution in [-0.2, 0) is 0 Å². The van der Waals surface area contributed by atoms with E-state index in [-0.39, 0.29) is 0 Å². The molecule has 0 spiro atoms. The molecule has 11 aromatic carbocycles. The highest BCUT2D eigenvalue weighted by Gasteiger charge is 2.15. The van der Waals surface area contributed by atoms with Crippen molar-refractivity contribution in [2.24, 2.45) is 0 Å². The molecular formula is C62H44N2. The van der Waals surface area contributed by atoms with Gasteiger partial charge in [-0.15, -0.1) is 0 Å². The van der Waals surface area contributed by atoms with E-state index in [1.54, 1.807) is 0 Å². The smallest absolute Gasteiger partial charge is 0.0468 e. The molecule has 0 unspecified atom stereocenters. The standard InChI is InChI=1S/C62H44N2/c1-5-15-55(16-6-1)63(56-17-7-2-8-18-56)59-39-37-51-41-49(33-35-53(51)43-59)45-25-29-47(30-26-45)61-23-13-14-24-62(61)48-31-27-46(28-32-48)50-34-36-54-44-60(40-38-52(54)42-50)64(57-19-9-3-10-20-57)58-21-11-4-12-22-58/h1-44H. The van der Waals surface area contributed by atoms with Crippen LogP contribution in [0.25, 0.3) is 66.1 Å². The number of fused-ring (bicyclic) bond motifs is 2. The van der Waals surface area contributed by atoms with Crippen molar-refractivity contribution in [1.82, 2.24) is 0 Å². The van der Waals surface area contributed by atoms with Crippen LogP contribution in [0.2, 0.25) is 0 Å². The third-order valence-corrected chi connectivity index (χ3v) is 12.2. The summed E-state index contributed by atoms with van der Waals surface area (Å²) in [6, 6.07) is 96.1. The van der Waals surface area contributed by atoms with Crippen molar-refractivity contribution in [2.45, 2.75) is 0 Å². The van der Waals surface area contributed by atoms with Gasteiger partial charge in [0.05, 0.1) is 0 Å². The Hall–Kier alpha value is -8.46. The minimum atomic E-state index is 1.13. The molecule has 0 saturated heterocycles. The second-order valence-electron chi connectivity index (χ2n) is 16.2. The summed E-state index contributed by atoms with van der Waals surface area (Å²) in [6.45, 7) is 0. The Morgan fingerprint density at radius 3 is 0.781 bits per heavy atom. The molecule has 0 aliphatic carbocycles. The Kier molecular flexibility index (Phi) is 10.3. The van der Waals surface area contributed by atoms with Crippen molar-refractivity contribution >= 4 is 55.7 Å². The van der Waals surface area contributed by atoms with E-state index in [1.165, 1.54) is 66.1 Å². The van der Waals surface area contributed by atoms with Crippen LogP contribution in [0.3, 0.4) is 0 Å². The summed E-state index contributed by atoms with van der Waals surface area (Å²) in [6.07, 6.45) is 0. The van der Waals surface area contributed by atoms with Crippen molar-refractivity contribution in [3.63, 3.8) is 0 Å². The van der Waals surface area contributed by atoms with Crippen LogP contribution in [0.15, 0.2) is 267 Å². The fourth-order valence-electron chi connectivity index (χ4n) is 8.98. The number of nitrogens with zero attached hydrogens (tertiary/aromatic N) is 2. The highest BCUT2D eigenvalue weighted by molar-refractivity contribution is 5.94. The molecule has 64 heavy (non-hydrogen) atoms. The van der Waals surface area contributed by atoms with Crippen LogP contribution in [0.5, 0.6) is 0 Å². The molecule has 0 N–H and O–H groups in total. The maximum atomic E-state index is 2.31. The number of rotatable bonds is 10. The molecule has 0 atom stereocenters. The van der Waals surface area contributed by atoms with E-state index in [9.17, 15) is 0 Å². The van der Waals surface area contributed by atoms with E-state index in [4.69, 9.17) is 0 Å². The quantitative estimate of drug-likeness (QED) is 0.136. The van der Waals surface area contributed by atoms with E-state index in [0.29, 0.717) is 0 Å². The fraction of sp³-hybridized carbons (Fsp3) is 0. The van der Waals surface area contributed by atoms with E-state index in [2.05, 4.69) is 277 Å². The predicted octanol–water partition coefficient (Wildman–Crippen LogP) is 17.6. The minimum absolute atomic E-state index is 1.13. The highest BCUT2D eigenvalue weighted by Crippen LogP contribution is 2.40. The van der Waals surface area contributed by atoms with Crippen LogP contribution in [-0.4, -0.2) is 0 Å². The lowest BCUT2D eigenvalue weighted by Crippen LogP contribution is -2.09. The molecule has 2 heteroatoms. The van der Waals surface area contributed by atoms with Gasteiger partial charge in [-0.05, 0) is 151 Å². The van der Waals surface area contributed by atoms with Gasteiger partial charge in [-0.2, -0.15) is 0 Å². The summed E-state index contributed by atoms with van der Waals surface area (Å²) in [5, 5.41) is 4.84. The summed E-state index contributed by atoms with van der Waals surface area (Å²) in [5.74, 6) is 0. The van der Waals surface area contributed by atoms with E-state index in [1.807, 2.05) is 0 Å². The van der Waals surface area contributed by atoms with E-state index >= 15 is 0 Å². The first-order valence-corrected chi connectivity index (χ1v) is 21.9. The lowest BCUT2D eigenvalue weighted by molar-refractivity contribution is 1.29. The fourth-order valence-corrected chi connectivity index (χ4v) is 8.98. The van der Waals surface area contributed by atoms with Crippen LogP contribution in [0.1, 0.15) is 0 Å². The minimum Gasteiger partial charge on any atom is -0.310 e. The molecule has 0 amide bonds. The lowest BCUT2D eigenvalue weighted by atomic mass is 9.92. The van der Waals surface area contributed by atoms with Crippen LogP contribution in [0, 0.1) is 0 Å². The van der Waals surface area contributed by atoms with Gasteiger partial charge in [0.1, 0.15) is 0 Å². The average Bonchev–Trinajstić information content (AvgIpc) is 3.37. The molecule has 11 rings (SSSR count). The maximum absolute atomic E-state index is 2.31. The van der Waals surface area contributed by atoms with Crippen LogP contribution in [0.4, 0.5) is 34.1 Å². The van der Waals surface area contributed by atoms with Gasteiger partial charge in [0.15, 0.2) is 0 Å². The molecular weight excluding hydrogens is 773 g/mol. The Labute approximate surface area is 375 Å². The normalized spacial score (nSPS) is 11.1. The number of hydrogen-bond donors (Lipinski definition) is 0. The first-order chi connectivity index (χ1) is 31.7. The number of hydrogen-bond acceptors (Lipinski definition) is 2. The molecule has 0 radical (unpaired) electrons. The zero-order valence-electron chi connectivity index (χ0n) is 35.3. The third-order valence-electron chi connectivity index (χ3n) is 12.2. The Morgan fingerprint density at radius 2 is 0.438 bits per heavy atom. The first kappa shape index (κ1) is 38.5. The van der Waals surface area contributed by atoms with Crippen molar-refractivity contribution in [3.8, 4) is 44.5 Å². The van der Waals surface area contributed by atoms with E-state index in [0.717, 1.165) is 34.1 Å². The topological polar surface area (TPSA) is 6.48 Å². The molecule has 0 aromatic heterocycles. The molecule has 2 nitrogen and oxygen atoms in total. The molecule has 0 saturated carbocycles. The monoisotopic (exact) mass is 816 g/mol. The molecule has 11 aromatic rings. The Morgan fingerprint density at radius 1 is 0.172 bits per heavy atom. The molecule has 0 aliphatic rings. The van der Waals surface area contributed by atoms with Gasteiger partial charge in [0, 0.05) is 34.1 Å². The Bertz CT molecular complexity index is 3040. The van der Waals surface area contributed by atoms with Gasteiger partial charge in [-0.1, -0.05) is 182 Å². The molecule has 302 valence electrons. The first-order valence-electron chi connectivity index (χ1n) is 21.9. The SMILES string of the molecule is c1ccc(N(c2ccccc2)c2ccc3cc(-c4ccc(-c5ccccc5-c5ccc(-c6ccc7cc(N(c8ccccc8)c8ccccc8)ccc7c6)cc5)cc4)ccc3c2)cc1. The van der Waals surface area contributed by atoms with Crippen molar-refractivity contribution < 1.29 is 0 Å². The molecule has 0 aliphatic heterocycles. The summed E-state index contributed by atoms with van der Waals surface area (Å²) in [7, 11) is 0. The summed E-state index contributed by atoms with van der Waals surface area (Å²) in [5.41, 5.74) is 16.4. The van der Waals surface area contributed by atoms with Crippen LogP contribution < -0.4 is 9.80 Å². The van der Waals surface area contributed by atoms with Gasteiger partial charge >= 0.3 is 0 Å². The molecule has 0 bridgehead atoms. The third kappa shape index (κ3) is 7.70. The van der Waals surface area contributed by atoms with Gasteiger partial charge in [0.25, 0.3) is 0 Å². The van der Waals surface area contributed by atoms with E-state index < -0.39 is 0 Å². The van der Waals surface area contributed by atoms with Gasteiger partial charge in [-0.3, -0.25) is 0 Å². The maximum Gasteiger partial charge on any atom is 0.0468 e.